The summed E-state index contributed by atoms with van der Waals surface area (Å²) in [6, 6.07) is 5.72. The predicted molar refractivity (Wildman–Crippen MR) is 100 cm³/mol. The van der Waals surface area contributed by atoms with Crippen molar-refractivity contribution in [1.82, 2.24) is 9.97 Å². The molecule has 0 aliphatic carbocycles. The third-order valence-corrected chi connectivity index (χ3v) is 3.85. The number of H-pyrrole nitrogens is 1. The number of carbonyl (C=O) groups is 1. The number of aromatic amines is 1. The largest absolute Gasteiger partial charge is 0.370 e. The minimum Gasteiger partial charge on any atom is -0.370 e. The van der Waals surface area contributed by atoms with Crippen molar-refractivity contribution in [2.24, 2.45) is 5.73 Å². The Balaban J connectivity index is 0.00000144. The molecule has 6 nitrogen and oxygen atoms in total. The van der Waals surface area contributed by atoms with Crippen LogP contribution in [0.1, 0.15) is 44.5 Å². The first-order valence-corrected chi connectivity index (χ1v) is 7.78. The van der Waals surface area contributed by atoms with Crippen molar-refractivity contribution in [1.29, 1.82) is 0 Å². The Kier molecular flexibility index (Phi) is 7.96. The Hall–Kier alpha value is -1.34. The molecular formula is C16H24Cl2N4O2. The number of hydrogen-bond acceptors (Lipinski definition) is 4. The average molecular weight is 375 g/mol. The molecule has 1 aromatic heterocycles. The number of benzene rings is 1. The number of imidazole rings is 1. The summed E-state index contributed by atoms with van der Waals surface area (Å²) >= 11 is 0. The van der Waals surface area contributed by atoms with Gasteiger partial charge in [-0.25, -0.2) is 4.98 Å². The van der Waals surface area contributed by atoms with Gasteiger partial charge in [0.1, 0.15) is 11.9 Å². The number of nitrogens with zero attached hydrogens (tertiary/aromatic N) is 1. The number of anilines is 1. The number of nitrogens with two attached hydrogens (primary N) is 1. The fourth-order valence-electron chi connectivity index (χ4n) is 2.64. The number of hydrogen-bond donors (Lipinski definition) is 3. The zero-order chi connectivity index (χ0) is 15.5. The van der Waals surface area contributed by atoms with Crippen molar-refractivity contribution >= 4 is 47.4 Å². The van der Waals surface area contributed by atoms with E-state index in [1.165, 1.54) is 0 Å². The molecule has 3 rings (SSSR count). The highest BCUT2D eigenvalue weighted by molar-refractivity contribution is 5.93. The van der Waals surface area contributed by atoms with E-state index in [1.807, 2.05) is 25.1 Å². The lowest BCUT2D eigenvalue weighted by atomic mass is 10.2. The molecule has 0 spiro atoms. The monoisotopic (exact) mass is 374 g/mol. The minimum absolute atomic E-state index is 0. The van der Waals surface area contributed by atoms with Crippen LogP contribution in [0.4, 0.5) is 5.69 Å². The van der Waals surface area contributed by atoms with Crippen molar-refractivity contribution < 1.29 is 9.53 Å². The molecule has 24 heavy (non-hydrogen) atoms. The number of ether oxygens (including phenoxy) is 1. The summed E-state index contributed by atoms with van der Waals surface area (Å²) in [5.74, 6) is 0.850. The van der Waals surface area contributed by atoms with Crippen LogP contribution >= 0.6 is 24.8 Å². The minimum atomic E-state index is -0.0180. The molecule has 4 N–H and O–H groups in total. The number of aromatic nitrogens is 2. The molecule has 1 aliphatic heterocycles. The maximum Gasteiger partial charge on any atom is 0.224 e. The van der Waals surface area contributed by atoms with Crippen molar-refractivity contribution in [3.8, 4) is 0 Å². The lowest BCUT2D eigenvalue weighted by Gasteiger charge is -2.06. The maximum absolute atomic E-state index is 11.9. The number of nitrogens with one attached hydrogen (secondary N) is 2. The summed E-state index contributed by atoms with van der Waals surface area (Å²) in [4.78, 5) is 19.7. The number of rotatable bonds is 5. The first-order chi connectivity index (χ1) is 10.6. The maximum atomic E-state index is 11.9. The van der Waals surface area contributed by atoms with Gasteiger partial charge in [0.05, 0.1) is 11.0 Å². The second kappa shape index (κ2) is 9.22. The molecule has 1 aliphatic rings. The molecule has 0 bridgehead atoms. The third-order valence-electron chi connectivity index (χ3n) is 3.85. The van der Waals surface area contributed by atoms with E-state index in [0.29, 0.717) is 12.8 Å². The van der Waals surface area contributed by atoms with Crippen LogP contribution in [0.5, 0.6) is 0 Å². The van der Waals surface area contributed by atoms with E-state index in [9.17, 15) is 4.79 Å². The quantitative estimate of drug-likeness (QED) is 0.747. The number of carbonyl (C=O) groups excluding carboxylic acids is 1. The standard InChI is InChI=1S/C16H22N4O2.2ClH/c1-10(17)4-7-15(21)18-11-5-6-12-13(9-11)20-16(19-12)14-3-2-8-22-14;;/h5-6,9-10,14H,2-4,7-8,17H2,1H3,(H,18,21)(H,19,20);2*1H. The smallest absolute Gasteiger partial charge is 0.224 e. The Morgan fingerprint density at radius 1 is 1.50 bits per heavy atom. The SMILES string of the molecule is CC(N)CCC(=O)Nc1ccc2nc(C3CCCO3)[nH]c2c1.Cl.Cl. The zero-order valence-corrected chi connectivity index (χ0v) is 15.2. The highest BCUT2D eigenvalue weighted by atomic mass is 35.5. The van der Waals surface area contributed by atoms with E-state index in [0.717, 1.165) is 42.0 Å². The van der Waals surface area contributed by atoms with Gasteiger partial charge in [0, 0.05) is 24.8 Å². The highest BCUT2D eigenvalue weighted by Crippen LogP contribution is 2.28. The van der Waals surface area contributed by atoms with Crippen LogP contribution in [-0.2, 0) is 9.53 Å². The van der Waals surface area contributed by atoms with Gasteiger partial charge < -0.3 is 20.8 Å². The molecular weight excluding hydrogens is 351 g/mol. The summed E-state index contributed by atoms with van der Waals surface area (Å²) < 4.78 is 5.64. The van der Waals surface area contributed by atoms with Gasteiger partial charge in [0.15, 0.2) is 0 Å². The molecule has 1 amide bonds. The summed E-state index contributed by atoms with van der Waals surface area (Å²) in [5, 5.41) is 2.89. The molecule has 0 radical (unpaired) electrons. The number of fused-ring (bicyclic) bond motifs is 1. The molecule has 2 atom stereocenters. The van der Waals surface area contributed by atoms with E-state index < -0.39 is 0 Å². The van der Waals surface area contributed by atoms with E-state index in [4.69, 9.17) is 10.5 Å². The van der Waals surface area contributed by atoms with Crippen LogP contribution in [0.25, 0.3) is 11.0 Å². The Bertz CT molecular complexity index is 669. The van der Waals surface area contributed by atoms with Crippen LogP contribution in [0.3, 0.4) is 0 Å². The summed E-state index contributed by atoms with van der Waals surface area (Å²) in [7, 11) is 0. The van der Waals surface area contributed by atoms with Gasteiger partial charge >= 0.3 is 0 Å². The van der Waals surface area contributed by atoms with Crippen LogP contribution < -0.4 is 11.1 Å². The molecule has 0 saturated carbocycles. The van der Waals surface area contributed by atoms with Gasteiger partial charge in [0.25, 0.3) is 0 Å². The molecule has 2 heterocycles. The van der Waals surface area contributed by atoms with Gasteiger partial charge in [-0.05, 0) is 44.4 Å². The lowest BCUT2D eigenvalue weighted by molar-refractivity contribution is -0.116. The van der Waals surface area contributed by atoms with Crippen molar-refractivity contribution in [2.45, 2.75) is 44.8 Å². The molecule has 1 fully saturated rings. The van der Waals surface area contributed by atoms with E-state index in [-0.39, 0.29) is 42.9 Å². The van der Waals surface area contributed by atoms with Crippen molar-refractivity contribution in [2.75, 3.05) is 11.9 Å². The van der Waals surface area contributed by atoms with Crippen LogP contribution in [0.15, 0.2) is 18.2 Å². The average Bonchev–Trinajstić information content (AvgIpc) is 3.13. The second-order valence-corrected chi connectivity index (χ2v) is 5.92. The molecule has 1 saturated heterocycles. The van der Waals surface area contributed by atoms with Crippen LogP contribution in [0.2, 0.25) is 0 Å². The fraction of sp³-hybridized carbons (Fsp3) is 0.500. The number of amides is 1. The van der Waals surface area contributed by atoms with Crippen LogP contribution in [0, 0.1) is 0 Å². The Morgan fingerprint density at radius 2 is 2.29 bits per heavy atom. The van der Waals surface area contributed by atoms with Crippen molar-refractivity contribution in [3.63, 3.8) is 0 Å². The molecule has 8 heteroatoms. The zero-order valence-electron chi connectivity index (χ0n) is 13.6. The van der Waals surface area contributed by atoms with E-state index >= 15 is 0 Å². The van der Waals surface area contributed by atoms with Gasteiger partial charge in [-0.15, -0.1) is 24.8 Å². The molecule has 2 aromatic rings. The third kappa shape index (κ3) is 5.08. The van der Waals surface area contributed by atoms with E-state index in [1.54, 1.807) is 0 Å². The Morgan fingerprint density at radius 3 is 2.96 bits per heavy atom. The van der Waals surface area contributed by atoms with Gasteiger partial charge in [-0.1, -0.05) is 0 Å². The Labute approximate surface area is 153 Å². The first-order valence-electron chi connectivity index (χ1n) is 7.78. The summed E-state index contributed by atoms with van der Waals surface area (Å²) in [5.41, 5.74) is 8.23. The highest BCUT2D eigenvalue weighted by Gasteiger charge is 2.21. The molecule has 134 valence electrons. The van der Waals surface area contributed by atoms with Crippen LogP contribution in [-0.4, -0.2) is 28.5 Å². The molecule has 2 unspecified atom stereocenters. The summed E-state index contributed by atoms with van der Waals surface area (Å²) in [6.07, 6.45) is 3.25. The fourth-order valence-corrected chi connectivity index (χ4v) is 2.64. The van der Waals surface area contributed by atoms with Crippen molar-refractivity contribution in [3.05, 3.63) is 24.0 Å². The van der Waals surface area contributed by atoms with E-state index in [2.05, 4.69) is 15.3 Å². The summed E-state index contributed by atoms with van der Waals surface area (Å²) in [6.45, 7) is 2.69. The topological polar surface area (TPSA) is 93.0 Å². The lowest BCUT2D eigenvalue weighted by Crippen LogP contribution is -2.19. The normalized spacial score (nSPS) is 17.8. The molecule has 1 aromatic carbocycles. The van der Waals surface area contributed by atoms with Gasteiger partial charge in [-0.3, -0.25) is 4.79 Å². The second-order valence-electron chi connectivity index (χ2n) is 5.92. The first kappa shape index (κ1) is 20.7. The van der Waals surface area contributed by atoms with Gasteiger partial charge in [-0.2, -0.15) is 0 Å². The predicted octanol–water partition coefficient (Wildman–Crippen LogP) is 3.32. The number of halogens is 2. The van der Waals surface area contributed by atoms with Gasteiger partial charge in [0.2, 0.25) is 5.91 Å².